The van der Waals surface area contributed by atoms with Gasteiger partial charge in [0, 0.05) is 32.1 Å². The molecule has 0 radical (unpaired) electrons. The van der Waals surface area contributed by atoms with Gasteiger partial charge >= 0.3 is 12.0 Å². The van der Waals surface area contributed by atoms with E-state index in [0.29, 0.717) is 19.1 Å². The lowest BCUT2D eigenvalue weighted by atomic mass is 10.2. The van der Waals surface area contributed by atoms with Gasteiger partial charge in [0.15, 0.2) is 0 Å². The van der Waals surface area contributed by atoms with Crippen molar-refractivity contribution in [3.8, 4) is 0 Å². The molecule has 2 saturated heterocycles. The second-order valence-corrected chi connectivity index (χ2v) is 5.79. The molecular formula is C14H25N3O4. The standard InChI is InChI=1S/C14H25N3O4/c1-3-15(4-2)10-5-6-16(8-10)14(21)17-9-11(18)7-12(17)13(19)20/h10-12,18H,3-9H2,1-2H3,(H,19,20). The molecule has 0 aromatic rings. The van der Waals surface area contributed by atoms with E-state index < -0.39 is 18.1 Å². The summed E-state index contributed by atoms with van der Waals surface area (Å²) in [5.41, 5.74) is 0. The Balaban J connectivity index is 1.99. The van der Waals surface area contributed by atoms with Crippen LogP contribution in [0.15, 0.2) is 0 Å². The summed E-state index contributed by atoms with van der Waals surface area (Å²) < 4.78 is 0. The van der Waals surface area contributed by atoms with Crippen molar-refractivity contribution in [3.05, 3.63) is 0 Å². The van der Waals surface area contributed by atoms with E-state index in [1.807, 2.05) is 0 Å². The number of likely N-dealkylation sites (N-methyl/N-ethyl adjacent to an activating group) is 1. The highest BCUT2D eigenvalue weighted by molar-refractivity contribution is 5.83. The van der Waals surface area contributed by atoms with Crippen LogP contribution in [0.25, 0.3) is 0 Å². The van der Waals surface area contributed by atoms with E-state index >= 15 is 0 Å². The van der Waals surface area contributed by atoms with Gasteiger partial charge in [0.25, 0.3) is 0 Å². The molecule has 3 unspecified atom stereocenters. The maximum atomic E-state index is 12.5. The molecule has 2 aliphatic rings. The minimum Gasteiger partial charge on any atom is -0.480 e. The van der Waals surface area contributed by atoms with Crippen molar-refractivity contribution in [2.45, 2.75) is 44.9 Å². The zero-order valence-electron chi connectivity index (χ0n) is 12.7. The highest BCUT2D eigenvalue weighted by Crippen LogP contribution is 2.23. The highest BCUT2D eigenvalue weighted by atomic mass is 16.4. The Morgan fingerprint density at radius 1 is 1.24 bits per heavy atom. The first-order chi connectivity index (χ1) is 9.97. The van der Waals surface area contributed by atoms with Gasteiger partial charge in [-0.25, -0.2) is 9.59 Å². The Hall–Kier alpha value is -1.34. The number of aliphatic hydroxyl groups is 1. The summed E-state index contributed by atoms with van der Waals surface area (Å²) in [5, 5.41) is 18.8. The summed E-state index contributed by atoms with van der Waals surface area (Å²) in [4.78, 5) is 29.1. The molecule has 2 rings (SSSR count). The van der Waals surface area contributed by atoms with Crippen LogP contribution in [0, 0.1) is 0 Å². The lowest BCUT2D eigenvalue weighted by Gasteiger charge is -2.29. The van der Waals surface area contributed by atoms with Crippen molar-refractivity contribution in [1.29, 1.82) is 0 Å². The van der Waals surface area contributed by atoms with Crippen molar-refractivity contribution >= 4 is 12.0 Å². The number of aliphatic hydroxyl groups excluding tert-OH is 1. The average Bonchev–Trinajstić information content (AvgIpc) is 3.06. The molecule has 2 fully saturated rings. The van der Waals surface area contributed by atoms with Crippen LogP contribution >= 0.6 is 0 Å². The van der Waals surface area contributed by atoms with Crippen LogP contribution in [0.5, 0.6) is 0 Å². The van der Waals surface area contributed by atoms with E-state index in [0.717, 1.165) is 19.5 Å². The monoisotopic (exact) mass is 299 g/mol. The first-order valence-electron chi connectivity index (χ1n) is 7.68. The van der Waals surface area contributed by atoms with Gasteiger partial charge in [-0.3, -0.25) is 4.90 Å². The molecule has 7 heteroatoms. The van der Waals surface area contributed by atoms with Crippen LogP contribution < -0.4 is 0 Å². The Morgan fingerprint density at radius 2 is 1.90 bits per heavy atom. The normalized spacial score (nSPS) is 29.4. The van der Waals surface area contributed by atoms with Crippen molar-refractivity contribution in [2.75, 3.05) is 32.7 Å². The number of likely N-dealkylation sites (tertiary alicyclic amines) is 2. The number of carbonyl (C=O) groups is 2. The number of amides is 2. The molecule has 21 heavy (non-hydrogen) atoms. The molecule has 7 nitrogen and oxygen atoms in total. The van der Waals surface area contributed by atoms with Gasteiger partial charge in [-0.05, 0) is 19.5 Å². The summed E-state index contributed by atoms with van der Waals surface area (Å²) in [5.74, 6) is -1.04. The van der Waals surface area contributed by atoms with Crippen molar-refractivity contribution in [2.24, 2.45) is 0 Å². The van der Waals surface area contributed by atoms with Gasteiger partial charge in [-0.15, -0.1) is 0 Å². The average molecular weight is 299 g/mol. The largest absolute Gasteiger partial charge is 0.480 e. The van der Waals surface area contributed by atoms with Crippen LogP contribution in [-0.4, -0.2) is 87.8 Å². The number of carboxylic acid groups (broad SMARTS) is 1. The van der Waals surface area contributed by atoms with E-state index in [1.165, 1.54) is 4.90 Å². The van der Waals surface area contributed by atoms with Gasteiger partial charge in [0.05, 0.1) is 6.10 Å². The van der Waals surface area contributed by atoms with E-state index in [2.05, 4.69) is 18.7 Å². The summed E-state index contributed by atoms with van der Waals surface area (Å²) in [7, 11) is 0. The van der Waals surface area contributed by atoms with Gasteiger partial charge in [0.2, 0.25) is 0 Å². The van der Waals surface area contributed by atoms with Crippen molar-refractivity contribution in [1.82, 2.24) is 14.7 Å². The second-order valence-electron chi connectivity index (χ2n) is 5.79. The van der Waals surface area contributed by atoms with E-state index in [9.17, 15) is 19.8 Å². The fraction of sp³-hybridized carbons (Fsp3) is 0.857. The van der Waals surface area contributed by atoms with E-state index in [1.54, 1.807) is 4.90 Å². The quantitative estimate of drug-likeness (QED) is 0.766. The topological polar surface area (TPSA) is 84.3 Å². The molecule has 2 aliphatic heterocycles. The number of urea groups is 1. The minimum absolute atomic E-state index is 0.113. The van der Waals surface area contributed by atoms with Crippen LogP contribution in [0.1, 0.15) is 26.7 Å². The molecule has 120 valence electrons. The lowest BCUT2D eigenvalue weighted by Crippen LogP contribution is -2.48. The van der Waals surface area contributed by atoms with Crippen LogP contribution in [0.2, 0.25) is 0 Å². The maximum Gasteiger partial charge on any atom is 0.326 e. The van der Waals surface area contributed by atoms with Gasteiger partial charge in [-0.1, -0.05) is 13.8 Å². The first-order valence-corrected chi connectivity index (χ1v) is 7.68. The lowest BCUT2D eigenvalue weighted by molar-refractivity contribution is -0.141. The van der Waals surface area contributed by atoms with E-state index in [-0.39, 0.29) is 19.0 Å². The van der Waals surface area contributed by atoms with E-state index in [4.69, 9.17) is 0 Å². The Kier molecular flexibility index (Phi) is 5.05. The number of hydrogen-bond acceptors (Lipinski definition) is 4. The molecule has 3 atom stereocenters. The van der Waals surface area contributed by atoms with Crippen LogP contribution in [0.3, 0.4) is 0 Å². The summed E-state index contributed by atoms with van der Waals surface area (Å²) in [6.07, 6.45) is 0.298. The first kappa shape index (κ1) is 16.0. The third kappa shape index (κ3) is 3.29. The molecule has 0 aromatic heterocycles. The fourth-order valence-corrected chi connectivity index (χ4v) is 3.39. The number of rotatable bonds is 4. The summed E-state index contributed by atoms with van der Waals surface area (Å²) >= 11 is 0. The molecule has 0 bridgehead atoms. The molecule has 2 heterocycles. The highest BCUT2D eigenvalue weighted by Gasteiger charge is 2.42. The number of carboxylic acids is 1. The molecule has 2 amide bonds. The predicted octanol–water partition coefficient (Wildman–Crippen LogP) is 0.0423. The molecule has 0 spiro atoms. The fourth-order valence-electron chi connectivity index (χ4n) is 3.39. The number of carbonyl (C=O) groups excluding carboxylic acids is 1. The smallest absolute Gasteiger partial charge is 0.326 e. The van der Waals surface area contributed by atoms with Crippen LogP contribution in [0.4, 0.5) is 4.79 Å². The third-order valence-corrected chi connectivity index (χ3v) is 4.57. The zero-order chi connectivity index (χ0) is 15.6. The molecule has 0 saturated carbocycles. The molecule has 2 N–H and O–H groups in total. The number of nitrogens with zero attached hydrogens (tertiary/aromatic N) is 3. The molecular weight excluding hydrogens is 274 g/mol. The predicted molar refractivity (Wildman–Crippen MR) is 77.0 cm³/mol. The number of hydrogen-bond donors (Lipinski definition) is 2. The van der Waals surface area contributed by atoms with Gasteiger partial charge < -0.3 is 20.0 Å². The zero-order valence-corrected chi connectivity index (χ0v) is 12.7. The SMILES string of the molecule is CCN(CC)C1CCN(C(=O)N2CC(O)CC2C(=O)O)C1. The Bertz CT molecular complexity index is 400. The van der Waals surface area contributed by atoms with Crippen molar-refractivity contribution in [3.63, 3.8) is 0 Å². The third-order valence-electron chi connectivity index (χ3n) is 4.57. The maximum absolute atomic E-state index is 12.5. The molecule has 0 aromatic carbocycles. The number of aliphatic carboxylic acids is 1. The summed E-state index contributed by atoms with van der Waals surface area (Å²) in [6, 6.07) is -0.812. The Labute approximate surface area is 125 Å². The second kappa shape index (κ2) is 6.62. The van der Waals surface area contributed by atoms with Gasteiger partial charge in [0.1, 0.15) is 6.04 Å². The summed E-state index contributed by atoms with van der Waals surface area (Å²) in [6.45, 7) is 7.50. The minimum atomic E-state index is -1.04. The molecule has 0 aliphatic carbocycles. The number of β-amino-alcohol motifs (C(OH)–C–C–N with tert-alkyl or cyclic N) is 1. The van der Waals surface area contributed by atoms with Crippen LogP contribution in [-0.2, 0) is 4.79 Å². The van der Waals surface area contributed by atoms with Gasteiger partial charge in [-0.2, -0.15) is 0 Å². The van der Waals surface area contributed by atoms with Crippen molar-refractivity contribution < 1.29 is 19.8 Å². The Morgan fingerprint density at radius 3 is 2.48 bits per heavy atom.